The monoisotopic (exact) mass is 246 g/mol. The van der Waals surface area contributed by atoms with Crippen LogP contribution in [0.5, 0.6) is 0 Å². The summed E-state index contributed by atoms with van der Waals surface area (Å²) < 4.78 is 9.22. The van der Waals surface area contributed by atoms with E-state index < -0.39 is 17.9 Å². The van der Waals surface area contributed by atoms with Crippen LogP contribution in [-0.4, -0.2) is 34.7 Å². The van der Waals surface area contributed by atoms with Gasteiger partial charge in [-0.2, -0.15) is 0 Å². The number of rotatable bonds is 7. The van der Waals surface area contributed by atoms with Crippen LogP contribution < -0.4 is 0 Å². The Kier molecular flexibility index (Phi) is 7.16. The number of carbonyl (C=O) groups is 2. The third-order valence-electron chi connectivity index (χ3n) is 1.72. The Morgan fingerprint density at radius 2 is 1.65 bits per heavy atom. The maximum Gasteiger partial charge on any atom is 0.395 e. The minimum absolute atomic E-state index is 0.0415. The van der Waals surface area contributed by atoms with Crippen molar-refractivity contribution in [1.29, 1.82) is 0 Å². The fourth-order valence-corrected chi connectivity index (χ4v) is 0.866. The van der Waals surface area contributed by atoms with Crippen LogP contribution in [0.3, 0.4) is 0 Å². The molecule has 0 rings (SSSR count). The first-order valence-electron chi connectivity index (χ1n) is 5.42. The van der Waals surface area contributed by atoms with Crippen molar-refractivity contribution in [3.05, 3.63) is 12.2 Å². The molecule has 0 saturated carbocycles. The summed E-state index contributed by atoms with van der Waals surface area (Å²) in [4.78, 5) is 22.1. The van der Waals surface area contributed by atoms with Gasteiger partial charge in [0.2, 0.25) is 0 Å². The number of hydrogen-bond acceptors (Lipinski definition) is 6. The molecule has 0 aromatic rings. The molecule has 0 saturated heterocycles. The van der Waals surface area contributed by atoms with Crippen LogP contribution in [0, 0.1) is 0 Å². The normalized spacial score (nSPS) is 11.5. The number of carbonyl (C=O) groups excluding carboxylic acids is 2. The van der Waals surface area contributed by atoms with Crippen molar-refractivity contribution in [2.24, 2.45) is 0 Å². The van der Waals surface area contributed by atoms with Crippen molar-refractivity contribution in [3.63, 3.8) is 0 Å². The zero-order chi connectivity index (χ0) is 13.3. The summed E-state index contributed by atoms with van der Waals surface area (Å²) in [5.74, 6) is -3.80. The third-order valence-corrected chi connectivity index (χ3v) is 1.72. The molecule has 0 aromatic carbocycles. The zero-order valence-corrected chi connectivity index (χ0v) is 10.0. The molecule has 0 unspecified atom stereocenters. The van der Waals surface area contributed by atoms with Crippen molar-refractivity contribution in [2.75, 3.05) is 6.61 Å². The number of aliphatic hydroxyl groups is 2. The molecule has 6 nitrogen and oxygen atoms in total. The second-order valence-electron chi connectivity index (χ2n) is 3.20. The largest absolute Gasteiger partial charge is 0.396 e. The Morgan fingerprint density at radius 1 is 1.18 bits per heavy atom. The molecule has 0 amide bonds. The molecule has 0 atom stereocenters. The SMILES string of the molecule is CCC(=O)OC(O)(/C=C/CCO)OC(=O)CC. The summed E-state index contributed by atoms with van der Waals surface area (Å²) in [6, 6.07) is 0. The van der Waals surface area contributed by atoms with E-state index in [4.69, 9.17) is 5.11 Å². The van der Waals surface area contributed by atoms with Crippen molar-refractivity contribution in [1.82, 2.24) is 0 Å². The molecule has 0 radical (unpaired) electrons. The van der Waals surface area contributed by atoms with Gasteiger partial charge in [0.05, 0.1) is 0 Å². The molecule has 0 bridgehead atoms. The van der Waals surface area contributed by atoms with Crippen LogP contribution in [0.15, 0.2) is 12.2 Å². The van der Waals surface area contributed by atoms with Gasteiger partial charge in [-0.25, -0.2) is 0 Å². The minimum atomic E-state index is -2.39. The maximum atomic E-state index is 11.1. The minimum Gasteiger partial charge on any atom is -0.396 e. The van der Waals surface area contributed by atoms with Crippen LogP contribution in [0.4, 0.5) is 0 Å². The Morgan fingerprint density at radius 3 is 2.00 bits per heavy atom. The Hall–Kier alpha value is -1.40. The smallest absolute Gasteiger partial charge is 0.395 e. The number of aliphatic hydroxyl groups excluding tert-OH is 1. The lowest BCUT2D eigenvalue weighted by molar-refractivity contribution is -0.296. The van der Waals surface area contributed by atoms with Gasteiger partial charge in [-0.15, -0.1) is 0 Å². The first kappa shape index (κ1) is 15.6. The highest BCUT2D eigenvalue weighted by Crippen LogP contribution is 2.14. The summed E-state index contributed by atoms with van der Waals surface area (Å²) in [7, 11) is 0. The fourth-order valence-electron chi connectivity index (χ4n) is 0.866. The molecule has 0 aromatic heterocycles. The van der Waals surface area contributed by atoms with Crippen LogP contribution in [0.2, 0.25) is 0 Å². The van der Waals surface area contributed by atoms with Crippen LogP contribution in [0.1, 0.15) is 33.1 Å². The number of esters is 2. The Balaban J connectivity index is 4.66. The van der Waals surface area contributed by atoms with E-state index in [1.165, 1.54) is 6.08 Å². The van der Waals surface area contributed by atoms with E-state index in [-0.39, 0.29) is 25.9 Å². The van der Waals surface area contributed by atoms with Gasteiger partial charge in [-0.1, -0.05) is 19.9 Å². The highest BCUT2D eigenvalue weighted by molar-refractivity contribution is 5.71. The van der Waals surface area contributed by atoms with E-state index in [1.807, 2.05) is 0 Å². The highest BCUT2D eigenvalue weighted by atomic mass is 16.8. The predicted octanol–water partition coefficient (Wildman–Crippen LogP) is 0.477. The van der Waals surface area contributed by atoms with Gasteiger partial charge in [0, 0.05) is 25.5 Å². The van der Waals surface area contributed by atoms with E-state index in [1.54, 1.807) is 13.8 Å². The standard InChI is InChI=1S/C11H18O6/c1-3-9(13)16-11(15,7-5-6-8-12)17-10(14)4-2/h5,7,12,15H,3-4,6,8H2,1-2H3/b7-5+. The second-order valence-corrected chi connectivity index (χ2v) is 3.20. The van der Waals surface area contributed by atoms with Gasteiger partial charge < -0.3 is 19.7 Å². The molecule has 0 aliphatic heterocycles. The van der Waals surface area contributed by atoms with E-state index in [0.29, 0.717) is 0 Å². The Labute approximate surface area is 99.8 Å². The van der Waals surface area contributed by atoms with Crippen molar-refractivity contribution in [3.8, 4) is 0 Å². The molecule has 2 N–H and O–H groups in total. The fraction of sp³-hybridized carbons (Fsp3) is 0.636. The van der Waals surface area contributed by atoms with E-state index >= 15 is 0 Å². The predicted molar refractivity (Wildman–Crippen MR) is 58.6 cm³/mol. The number of hydrogen-bond donors (Lipinski definition) is 2. The van der Waals surface area contributed by atoms with Crippen LogP contribution in [0.25, 0.3) is 0 Å². The second kappa shape index (κ2) is 7.81. The molecule has 6 heteroatoms. The van der Waals surface area contributed by atoms with Crippen molar-refractivity contribution >= 4 is 11.9 Å². The molecular formula is C11H18O6. The first-order valence-corrected chi connectivity index (χ1v) is 5.42. The van der Waals surface area contributed by atoms with Gasteiger partial charge in [-0.05, 0) is 6.42 Å². The average molecular weight is 246 g/mol. The first-order chi connectivity index (χ1) is 7.97. The van der Waals surface area contributed by atoms with Gasteiger partial charge in [0.25, 0.3) is 0 Å². The zero-order valence-electron chi connectivity index (χ0n) is 10.0. The lowest BCUT2D eigenvalue weighted by Crippen LogP contribution is -2.37. The molecule has 0 fully saturated rings. The summed E-state index contributed by atoms with van der Waals surface area (Å²) in [5, 5.41) is 18.4. The lowest BCUT2D eigenvalue weighted by Gasteiger charge is -2.23. The van der Waals surface area contributed by atoms with E-state index in [9.17, 15) is 14.7 Å². The molecule has 98 valence electrons. The van der Waals surface area contributed by atoms with Gasteiger partial charge in [0.15, 0.2) is 0 Å². The van der Waals surface area contributed by atoms with Crippen molar-refractivity contribution in [2.45, 2.75) is 39.1 Å². The topological polar surface area (TPSA) is 93.1 Å². The van der Waals surface area contributed by atoms with Gasteiger partial charge in [0.1, 0.15) is 0 Å². The Bertz CT molecular complexity index is 266. The molecule has 0 aliphatic carbocycles. The number of ether oxygens (including phenoxy) is 2. The van der Waals surface area contributed by atoms with E-state index in [2.05, 4.69) is 9.47 Å². The molecule has 17 heavy (non-hydrogen) atoms. The summed E-state index contributed by atoms with van der Waals surface area (Å²) in [5.41, 5.74) is 0. The van der Waals surface area contributed by atoms with Crippen molar-refractivity contribution < 1.29 is 29.3 Å². The highest BCUT2D eigenvalue weighted by Gasteiger charge is 2.32. The quantitative estimate of drug-likeness (QED) is 0.385. The summed E-state index contributed by atoms with van der Waals surface area (Å²) in [6.45, 7) is 2.96. The average Bonchev–Trinajstić information content (AvgIpc) is 2.28. The van der Waals surface area contributed by atoms with Gasteiger partial charge >= 0.3 is 17.9 Å². The van der Waals surface area contributed by atoms with E-state index in [0.717, 1.165) is 6.08 Å². The van der Waals surface area contributed by atoms with Crippen LogP contribution >= 0.6 is 0 Å². The van der Waals surface area contributed by atoms with Gasteiger partial charge in [-0.3, -0.25) is 9.59 Å². The molecular weight excluding hydrogens is 228 g/mol. The molecule has 0 aliphatic rings. The molecule has 0 heterocycles. The van der Waals surface area contributed by atoms with Crippen LogP contribution in [-0.2, 0) is 19.1 Å². The lowest BCUT2D eigenvalue weighted by atomic mass is 10.3. The summed E-state index contributed by atoms with van der Waals surface area (Å²) in [6.07, 6.45) is 2.70. The third kappa shape index (κ3) is 6.70. The maximum absolute atomic E-state index is 11.1. The molecule has 0 spiro atoms. The summed E-state index contributed by atoms with van der Waals surface area (Å²) >= 11 is 0.